The number of nitrogens with zero attached hydrogens (tertiary/aromatic N) is 1. The van der Waals surface area contributed by atoms with Crippen LogP contribution in [0.3, 0.4) is 0 Å². The highest BCUT2D eigenvalue weighted by molar-refractivity contribution is 9.10. The summed E-state index contributed by atoms with van der Waals surface area (Å²) in [6.07, 6.45) is 0.0591. The van der Waals surface area contributed by atoms with Crippen molar-refractivity contribution in [3.63, 3.8) is 0 Å². The fourth-order valence-electron chi connectivity index (χ4n) is 1.73. The Bertz CT molecular complexity index is 560. The number of aliphatic hydroxyl groups excluding tert-OH is 1. The number of rotatable bonds is 8. The molecule has 0 aliphatic rings. The average molecular weight is 379 g/mol. The summed E-state index contributed by atoms with van der Waals surface area (Å²) in [5, 5.41) is 8.83. The van der Waals surface area contributed by atoms with Gasteiger partial charge in [0.2, 0.25) is 15.9 Å². The summed E-state index contributed by atoms with van der Waals surface area (Å²) in [6, 6.07) is 6.25. The van der Waals surface area contributed by atoms with Crippen LogP contribution < -0.4 is 4.72 Å². The number of carbonyl (C=O) groups excluding carboxylic acids is 1. The second-order valence-electron chi connectivity index (χ2n) is 4.30. The van der Waals surface area contributed by atoms with E-state index in [1.54, 1.807) is 19.1 Å². The fraction of sp³-hybridized carbons (Fsp3) is 0.462. The summed E-state index contributed by atoms with van der Waals surface area (Å²) < 4.78 is 27.2. The molecule has 0 spiro atoms. The number of benzene rings is 1. The van der Waals surface area contributed by atoms with E-state index in [-0.39, 0.29) is 36.9 Å². The predicted octanol–water partition coefficient (Wildman–Crippen LogP) is 0.958. The van der Waals surface area contributed by atoms with Crippen molar-refractivity contribution in [2.24, 2.45) is 0 Å². The molecule has 2 N–H and O–H groups in total. The van der Waals surface area contributed by atoms with Gasteiger partial charge in [-0.05, 0) is 31.2 Å². The topological polar surface area (TPSA) is 86.7 Å². The van der Waals surface area contributed by atoms with E-state index in [1.165, 1.54) is 17.0 Å². The molecule has 0 bridgehead atoms. The van der Waals surface area contributed by atoms with Gasteiger partial charge >= 0.3 is 0 Å². The number of carbonyl (C=O) groups is 1. The van der Waals surface area contributed by atoms with Crippen LogP contribution in [0.2, 0.25) is 0 Å². The summed E-state index contributed by atoms with van der Waals surface area (Å²) in [6.45, 7) is 2.47. The first-order valence-electron chi connectivity index (χ1n) is 6.54. The first-order chi connectivity index (χ1) is 9.90. The van der Waals surface area contributed by atoms with E-state index in [9.17, 15) is 13.2 Å². The van der Waals surface area contributed by atoms with Gasteiger partial charge in [-0.2, -0.15) is 0 Å². The molecular formula is C13H19BrN2O4S. The number of likely N-dealkylation sites (N-methyl/N-ethyl adjacent to an activating group) is 1. The van der Waals surface area contributed by atoms with E-state index in [4.69, 9.17) is 5.11 Å². The molecule has 0 saturated carbocycles. The highest BCUT2D eigenvalue weighted by Gasteiger charge is 2.15. The minimum atomic E-state index is -3.61. The van der Waals surface area contributed by atoms with Crippen LogP contribution >= 0.6 is 15.9 Å². The molecule has 0 aromatic heterocycles. The summed E-state index contributed by atoms with van der Waals surface area (Å²) in [4.78, 5) is 13.4. The van der Waals surface area contributed by atoms with Crippen molar-refractivity contribution in [1.82, 2.24) is 9.62 Å². The second kappa shape index (κ2) is 8.47. The normalized spacial score (nSPS) is 11.4. The van der Waals surface area contributed by atoms with E-state index in [2.05, 4.69) is 20.7 Å². The Labute approximate surface area is 133 Å². The molecule has 0 atom stereocenters. The number of hydrogen-bond acceptors (Lipinski definition) is 4. The number of sulfonamides is 1. The third-order valence-corrected chi connectivity index (χ3v) is 4.86. The van der Waals surface area contributed by atoms with Gasteiger partial charge < -0.3 is 10.0 Å². The Morgan fingerprint density at radius 2 is 1.95 bits per heavy atom. The molecule has 0 aliphatic heterocycles. The third kappa shape index (κ3) is 5.74. The standard InChI is InChI=1S/C13H19BrN2O4S/c1-2-16(9-10-17)13(18)7-8-15-21(19,20)12-5-3-11(14)4-6-12/h3-6,15,17H,2,7-10H2,1H3. The molecule has 0 radical (unpaired) electrons. The lowest BCUT2D eigenvalue weighted by molar-refractivity contribution is -0.131. The summed E-state index contributed by atoms with van der Waals surface area (Å²) in [5.74, 6) is -0.190. The molecule has 6 nitrogen and oxygen atoms in total. The zero-order valence-electron chi connectivity index (χ0n) is 11.8. The van der Waals surface area contributed by atoms with Crippen molar-refractivity contribution in [3.8, 4) is 0 Å². The van der Waals surface area contributed by atoms with Gasteiger partial charge in [0, 0.05) is 30.5 Å². The van der Waals surface area contributed by atoms with Gasteiger partial charge in [-0.3, -0.25) is 4.79 Å². The number of hydrogen-bond donors (Lipinski definition) is 2. The monoisotopic (exact) mass is 378 g/mol. The van der Waals surface area contributed by atoms with Gasteiger partial charge in [0.15, 0.2) is 0 Å². The van der Waals surface area contributed by atoms with Crippen LogP contribution in [-0.4, -0.2) is 50.6 Å². The molecule has 1 aromatic carbocycles. The van der Waals surface area contributed by atoms with Gasteiger partial charge in [0.05, 0.1) is 11.5 Å². The number of nitrogens with one attached hydrogen (secondary N) is 1. The molecule has 0 unspecified atom stereocenters. The largest absolute Gasteiger partial charge is 0.395 e. The second-order valence-corrected chi connectivity index (χ2v) is 6.98. The highest BCUT2D eigenvalue weighted by Crippen LogP contribution is 2.14. The third-order valence-electron chi connectivity index (χ3n) is 2.86. The van der Waals surface area contributed by atoms with Crippen molar-refractivity contribution >= 4 is 31.9 Å². The number of aliphatic hydroxyl groups is 1. The summed E-state index contributed by atoms with van der Waals surface area (Å²) in [5.41, 5.74) is 0. The van der Waals surface area contributed by atoms with Gasteiger partial charge in [0.1, 0.15) is 0 Å². The lowest BCUT2D eigenvalue weighted by atomic mass is 10.3. The van der Waals surface area contributed by atoms with E-state index in [0.717, 1.165) is 4.47 Å². The van der Waals surface area contributed by atoms with Crippen molar-refractivity contribution in [2.45, 2.75) is 18.2 Å². The molecule has 1 aromatic rings. The molecule has 1 amide bonds. The fourth-order valence-corrected chi connectivity index (χ4v) is 3.02. The zero-order chi connectivity index (χ0) is 15.9. The van der Waals surface area contributed by atoms with Crippen LogP contribution in [0.1, 0.15) is 13.3 Å². The molecule has 118 valence electrons. The lowest BCUT2D eigenvalue weighted by Gasteiger charge is -2.19. The zero-order valence-corrected chi connectivity index (χ0v) is 14.2. The number of halogens is 1. The minimum absolute atomic E-state index is 0.0269. The highest BCUT2D eigenvalue weighted by atomic mass is 79.9. The van der Waals surface area contributed by atoms with Crippen molar-refractivity contribution in [3.05, 3.63) is 28.7 Å². The Morgan fingerprint density at radius 3 is 2.48 bits per heavy atom. The molecule has 0 saturated heterocycles. The first kappa shape index (κ1) is 18.1. The Hall–Kier alpha value is -0.960. The Balaban J connectivity index is 2.54. The van der Waals surface area contributed by atoms with Crippen molar-refractivity contribution in [1.29, 1.82) is 0 Å². The molecular weight excluding hydrogens is 360 g/mol. The van der Waals surface area contributed by atoms with E-state index < -0.39 is 10.0 Å². The Morgan fingerprint density at radius 1 is 1.33 bits per heavy atom. The maximum absolute atomic E-state index is 12.0. The smallest absolute Gasteiger partial charge is 0.240 e. The van der Waals surface area contributed by atoms with Crippen molar-refractivity contribution < 1.29 is 18.3 Å². The molecule has 0 heterocycles. The van der Waals surface area contributed by atoms with Crippen LogP contribution in [0.15, 0.2) is 33.6 Å². The lowest BCUT2D eigenvalue weighted by Crippen LogP contribution is -2.36. The van der Waals surface area contributed by atoms with Crippen LogP contribution in [0.25, 0.3) is 0 Å². The van der Waals surface area contributed by atoms with Crippen LogP contribution in [0.5, 0.6) is 0 Å². The number of amides is 1. The maximum Gasteiger partial charge on any atom is 0.240 e. The predicted molar refractivity (Wildman–Crippen MR) is 83.3 cm³/mol. The van der Waals surface area contributed by atoms with Gasteiger partial charge in [-0.15, -0.1) is 0 Å². The minimum Gasteiger partial charge on any atom is -0.395 e. The molecule has 21 heavy (non-hydrogen) atoms. The van der Waals surface area contributed by atoms with E-state index in [0.29, 0.717) is 6.54 Å². The summed E-state index contributed by atoms with van der Waals surface area (Å²) in [7, 11) is -3.61. The molecule has 8 heteroatoms. The van der Waals surface area contributed by atoms with Gasteiger partial charge in [-0.1, -0.05) is 15.9 Å². The molecule has 0 fully saturated rings. The SMILES string of the molecule is CCN(CCO)C(=O)CCNS(=O)(=O)c1ccc(Br)cc1. The van der Waals surface area contributed by atoms with Crippen molar-refractivity contribution in [2.75, 3.05) is 26.2 Å². The average Bonchev–Trinajstić information content (AvgIpc) is 2.44. The van der Waals surface area contributed by atoms with Crippen LogP contribution in [0.4, 0.5) is 0 Å². The van der Waals surface area contributed by atoms with E-state index >= 15 is 0 Å². The summed E-state index contributed by atoms with van der Waals surface area (Å²) >= 11 is 3.24. The maximum atomic E-state index is 12.0. The van der Waals surface area contributed by atoms with Gasteiger partial charge in [-0.25, -0.2) is 13.1 Å². The molecule has 0 aliphatic carbocycles. The van der Waals surface area contributed by atoms with E-state index in [1.807, 2.05) is 0 Å². The quantitative estimate of drug-likeness (QED) is 0.705. The van der Waals surface area contributed by atoms with Crippen LogP contribution in [-0.2, 0) is 14.8 Å². The Kier molecular flexibility index (Phi) is 7.30. The first-order valence-corrected chi connectivity index (χ1v) is 8.82. The van der Waals surface area contributed by atoms with Gasteiger partial charge in [0.25, 0.3) is 0 Å². The molecule has 1 rings (SSSR count). The van der Waals surface area contributed by atoms with Crippen LogP contribution in [0, 0.1) is 0 Å².